The van der Waals surface area contributed by atoms with Crippen LogP contribution in [0.25, 0.3) is 0 Å². The minimum atomic E-state index is -4.09. The molecule has 41 heavy (non-hydrogen) atoms. The second-order valence-corrected chi connectivity index (χ2v) is 10.3. The van der Waals surface area contributed by atoms with Gasteiger partial charge in [0.05, 0.1) is 20.3 Å². The fraction of sp³-hybridized carbons (Fsp3) is 0.542. The van der Waals surface area contributed by atoms with E-state index in [4.69, 9.17) is 14.2 Å². The molecule has 0 bridgehead atoms. The molecule has 0 saturated heterocycles. The van der Waals surface area contributed by atoms with Gasteiger partial charge >= 0.3 is 28.4 Å². The average Bonchev–Trinajstić information content (AvgIpc) is 2.89. The van der Waals surface area contributed by atoms with Crippen LogP contribution in [0.2, 0.25) is 0 Å². The lowest BCUT2D eigenvalue weighted by Crippen LogP contribution is -2.53. The van der Waals surface area contributed by atoms with Gasteiger partial charge in [0.2, 0.25) is 11.8 Å². The number of hydrogen-bond donors (Lipinski definition) is 5. The van der Waals surface area contributed by atoms with E-state index < -0.39 is 52.3 Å². The third kappa shape index (κ3) is 14.8. The minimum absolute atomic E-state index is 0.0694. The van der Waals surface area contributed by atoms with E-state index in [2.05, 4.69) is 20.7 Å². The number of nitrogens with one attached hydrogen (secondary N) is 5. The van der Waals surface area contributed by atoms with E-state index in [1.54, 1.807) is 42.8 Å². The summed E-state index contributed by atoms with van der Waals surface area (Å²) < 4.78 is 45.9. The standard InChI is InChI=1S/C24H37N5O11S/c1-15(2)20(28-23(33)39-13-12-38-11-10-25-41(35,36)29-24(34)37-5)22(32)26-16(3)21(31)27-19-8-6-18(7-9-19)14-40-17(4)30/h6-9,15-16,20,25H,10-14H2,1-5H3,(H,26,32)(H,27,31)(H,28,33)(H,29,34)/t16-,20-/m0/s1. The Morgan fingerprint density at radius 1 is 0.854 bits per heavy atom. The van der Waals surface area contributed by atoms with Gasteiger partial charge in [-0.1, -0.05) is 26.0 Å². The van der Waals surface area contributed by atoms with E-state index in [9.17, 15) is 32.4 Å². The Morgan fingerprint density at radius 3 is 2.10 bits per heavy atom. The molecule has 1 aromatic carbocycles. The average molecular weight is 604 g/mol. The molecule has 0 aromatic heterocycles. The van der Waals surface area contributed by atoms with Gasteiger partial charge in [-0.2, -0.15) is 13.1 Å². The van der Waals surface area contributed by atoms with Crippen molar-refractivity contribution in [1.82, 2.24) is 20.1 Å². The van der Waals surface area contributed by atoms with Crippen molar-refractivity contribution in [3.8, 4) is 0 Å². The van der Waals surface area contributed by atoms with E-state index >= 15 is 0 Å². The molecule has 0 spiro atoms. The zero-order valence-electron chi connectivity index (χ0n) is 23.5. The van der Waals surface area contributed by atoms with Gasteiger partial charge in [-0.05, 0) is 30.5 Å². The van der Waals surface area contributed by atoms with Crippen LogP contribution in [0.3, 0.4) is 0 Å². The van der Waals surface area contributed by atoms with Crippen molar-refractivity contribution >= 4 is 45.9 Å². The summed E-state index contributed by atoms with van der Waals surface area (Å²) in [5.41, 5.74) is 1.21. The number of carbonyl (C=O) groups is 5. The number of methoxy groups -OCH3 is 1. The predicted molar refractivity (Wildman–Crippen MR) is 145 cm³/mol. The molecule has 4 amide bonds. The zero-order valence-corrected chi connectivity index (χ0v) is 24.3. The predicted octanol–water partition coefficient (Wildman–Crippen LogP) is 0.151. The monoisotopic (exact) mass is 603 g/mol. The molecule has 17 heteroatoms. The molecule has 0 saturated carbocycles. The van der Waals surface area contributed by atoms with Crippen molar-refractivity contribution in [2.45, 2.75) is 46.4 Å². The van der Waals surface area contributed by atoms with Gasteiger partial charge in [-0.3, -0.25) is 14.4 Å². The topological polar surface area (TPSA) is 217 Å². The van der Waals surface area contributed by atoms with Crippen LogP contribution >= 0.6 is 0 Å². The first-order valence-electron chi connectivity index (χ1n) is 12.4. The number of carbonyl (C=O) groups excluding carboxylic acids is 5. The first-order chi connectivity index (χ1) is 19.2. The molecule has 0 fully saturated rings. The smallest absolute Gasteiger partial charge is 0.421 e. The summed E-state index contributed by atoms with van der Waals surface area (Å²) in [4.78, 5) is 59.3. The molecule has 5 N–H and O–H groups in total. The Hall–Kier alpha value is -3.96. The molecule has 0 aliphatic heterocycles. The quantitative estimate of drug-likeness (QED) is 0.0973. The molecule has 0 aliphatic carbocycles. The van der Waals surface area contributed by atoms with Crippen LogP contribution in [-0.2, 0) is 50.1 Å². The highest BCUT2D eigenvalue weighted by Gasteiger charge is 2.27. The first kappa shape index (κ1) is 35.1. The molecular weight excluding hydrogens is 566 g/mol. The highest BCUT2D eigenvalue weighted by molar-refractivity contribution is 7.88. The lowest BCUT2D eigenvalue weighted by Gasteiger charge is -2.23. The Labute approximate surface area is 238 Å². The van der Waals surface area contributed by atoms with Crippen molar-refractivity contribution < 1.29 is 51.3 Å². The van der Waals surface area contributed by atoms with Crippen molar-refractivity contribution in [2.75, 3.05) is 38.8 Å². The largest absolute Gasteiger partial charge is 0.461 e. The lowest BCUT2D eigenvalue weighted by molar-refractivity contribution is -0.142. The van der Waals surface area contributed by atoms with E-state index in [1.807, 2.05) is 4.72 Å². The van der Waals surface area contributed by atoms with Crippen molar-refractivity contribution in [1.29, 1.82) is 0 Å². The maximum absolute atomic E-state index is 12.8. The number of esters is 1. The van der Waals surface area contributed by atoms with Crippen molar-refractivity contribution in [2.24, 2.45) is 5.92 Å². The normalized spacial score (nSPS) is 12.4. The molecule has 2 atom stereocenters. The first-order valence-corrected chi connectivity index (χ1v) is 13.9. The minimum Gasteiger partial charge on any atom is -0.461 e. The van der Waals surface area contributed by atoms with E-state index in [1.165, 1.54) is 13.8 Å². The number of amides is 4. The molecule has 16 nitrogen and oxygen atoms in total. The Morgan fingerprint density at radius 2 is 1.51 bits per heavy atom. The molecule has 0 unspecified atom stereocenters. The fourth-order valence-electron chi connectivity index (χ4n) is 2.92. The third-order valence-corrected chi connectivity index (χ3v) is 6.06. The highest BCUT2D eigenvalue weighted by Crippen LogP contribution is 2.11. The summed E-state index contributed by atoms with van der Waals surface area (Å²) in [6.07, 6.45) is -2.04. The molecule has 0 radical (unpaired) electrons. The fourth-order valence-corrected chi connectivity index (χ4v) is 3.65. The zero-order chi connectivity index (χ0) is 31.0. The second-order valence-electron chi connectivity index (χ2n) is 8.80. The van der Waals surface area contributed by atoms with Crippen LogP contribution in [0, 0.1) is 5.92 Å². The van der Waals surface area contributed by atoms with Gasteiger partial charge < -0.3 is 34.9 Å². The summed E-state index contributed by atoms with van der Waals surface area (Å²) in [5.74, 6) is -1.83. The number of benzene rings is 1. The Kier molecular flexibility index (Phi) is 15.1. The van der Waals surface area contributed by atoms with Gasteiger partial charge in [-0.25, -0.2) is 14.3 Å². The van der Waals surface area contributed by atoms with Gasteiger partial charge in [0.15, 0.2) is 0 Å². The van der Waals surface area contributed by atoms with Gasteiger partial charge in [0.1, 0.15) is 25.3 Å². The summed E-state index contributed by atoms with van der Waals surface area (Å²) >= 11 is 0. The van der Waals surface area contributed by atoms with Crippen LogP contribution in [0.4, 0.5) is 15.3 Å². The summed E-state index contributed by atoms with van der Waals surface area (Å²) in [5, 5.41) is 7.66. The second kappa shape index (κ2) is 17.7. The van der Waals surface area contributed by atoms with Crippen molar-refractivity contribution in [3.63, 3.8) is 0 Å². The van der Waals surface area contributed by atoms with Crippen LogP contribution in [0.15, 0.2) is 24.3 Å². The molecular formula is C24H37N5O11S. The van der Waals surface area contributed by atoms with Gasteiger partial charge in [0, 0.05) is 19.2 Å². The third-order valence-electron chi connectivity index (χ3n) is 5.04. The molecule has 1 rings (SSSR count). The summed E-state index contributed by atoms with van der Waals surface area (Å²) in [7, 11) is -3.08. The highest BCUT2D eigenvalue weighted by atomic mass is 32.2. The number of rotatable bonds is 16. The van der Waals surface area contributed by atoms with E-state index in [-0.39, 0.29) is 38.9 Å². The maximum atomic E-state index is 12.8. The Bertz CT molecular complexity index is 1140. The van der Waals surface area contributed by atoms with Gasteiger partial charge in [0.25, 0.3) is 0 Å². The van der Waals surface area contributed by atoms with E-state index in [0.717, 1.165) is 12.7 Å². The van der Waals surface area contributed by atoms with Crippen LogP contribution < -0.4 is 25.4 Å². The number of hydrogen-bond acceptors (Lipinski definition) is 11. The number of ether oxygens (including phenoxy) is 4. The SMILES string of the molecule is COC(=O)NS(=O)(=O)NCCOCCOC(=O)N[C@H](C(=O)N[C@@H](C)C(=O)Nc1ccc(COC(C)=O)cc1)C(C)C. The Balaban J connectivity index is 2.42. The number of alkyl carbamates (subject to hydrolysis) is 1. The summed E-state index contributed by atoms with van der Waals surface area (Å²) in [6, 6.07) is 4.69. The van der Waals surface area contributed by atoms with Gasteiger partial charge in [-0.15, -0.1) is 0 Å². The van der Waals surface area contributed by atoms with E-state index in [0.29, 0.717) is 5.69 Å². The molecule has 1 aromatic rings. The van der Waals surface area contributed by atoms with Crippen LogP contribution in [0.1, 0.15) is 33.3 Å². The van der Waals surface area contributed by atoms with Crippen molar-refractivity contribution in [3.05, 3.63) is 29.8 Å². The molecule has 0 aliphatic rings. The summed E-state index contributed by atoms with van der Waals surface area (Å²) in [6.45, 7) is 5.79. The van der Waals surface area contributed by atoms with Crippen LogP contribution in [0.5, 0.6) is 0 Å². The number of anilines is 1. The maximum Gasteiger partial charge on any atom is 0.421 e. The molecule has 230 valence electrons. The lowest BCUT2D eigenvalue weighted by atomic mass is 10.0. The van der Waals surface area contributed by atoms with Crippen LogP contribution in [-0.4, -0.2) is 83.9 Å². The molecule has 0 heterocycles.